The number of aliphatic hydroxyl groups is 2. The Labute approximate surface area is 689 Å². The van der Waals surface area contributed by atoms with Gasteiger partial charge in [-0.25, -0.2) is 0 Å². The summed E-state index contributed by atoms with van der Waals surface area (Å²) in [6, 6.07) is 156. The van der Waals surface area contributed by atoms with E-state index in [4.69, 9.17) is 0 Å². The third kappa shape index (κ3) is 14.2. The summed E-state index contributed by atoms with van der Waals surface area (Å²) < 4.78 is 0. The molecule has 564 valence electrons. The van der Waals surface area contributed by atoms with Crippen LogP contribution in [0.5, 0.6) is 11.5 Å². The molecule has 0 atom stereocenters. The quantitative estimate of drug-likeness (QED) is 0.0608. The maximum Gasteiger partial charge on any atom is 0.121 e. The summed E-state index contributed by atoms with van der Waals surface area (Å²) in [5, 5.41) is 50.3. The number of aromatic hydroxyl groups is 2. The Kier molecular flexibility index (Phi) is 20.2. The van der Waals surface area contributed by atoms with E-state index in [1.807, 2.05) is 72.8 Å². The molecule has 19 rings (SSSR count). The number of phenols is 2. The molecule has 0 saturated heterocycles. The van der Waals surface area contributed by atoms with Crippen molar-refractivity contribution in [3.8, 4) is 145 Å². The molecule has 6 nitrogen and oxygen atoms in total. The molecule has 0 aromatic heterocycles. The first-order valence-electron chi connectivity index (χ1n) is 40.2. The van der Waals surface area contributed by atoms with E-state index in [1.165, 1.54) is 0 Å². The maximum absolute atomic E-state index is 12.6. The van der Waals surface area contributed by atoms with Crippen LogP contribution >= 0.6 is 0 Å². The molecule has 0 aliphatic heterocycles. The maximum atomic E-state index is 12.6. The first-order chi connectivity index (χ1) is 58.2. The van der Waals surface area contributed by atoms with Crippen molar-refractivity contribution in [3.05, 3.63) is 460 Å². The summed E-state index contributed by atoms with van der Waals surface area (Å²) >= 11 is 0. The lowest BCUT2D eigenvalue weighted by molar-refractivity contribution is -0.0797. The van der Waals surface area contributed by atoms with E-state index in [-0.39, 0.29) is 11.5 Å². The average molecular weight is 1520 g/mol. The van der Waals surface area contributed by atoms with Crippen molar-refractivity contribution in [2.24, 2.45) is 0 Å². The first-order valence-corrected chi connectivity index (χ1v) is 40.2. The molecule has 18 aromatic carbocycles. The van der Waals surface area contributed by atoms with E-state index < -0.39 is 24.0 Å². The van der Waals surface area contributed by atoms with Crippen LogP contribution in [0.2, 0.25) is 0 Å². The van der Waals surface area contributed by atoms with Crippen LogP contribution in [0.1, 0.15) is 23.0 Å². The number of rotatable bonds is 20. The molecule has 18 aromatic rings. The Morgan fingerprint density at radius 3 is 0.500 bits per heavy atom. The minimum atomic E-state index is -1.19. The highest BCUT2D eigenvalue weighted by molar-refractivity contribution is 6.00. The van der Waals surface area contributed by atoms with Gasteiger partial charge in [-0.05, 0) is 194 Å². The van der Waals surface area contributed by atoms with Gasteiger partial charge in [-0.15, -0.1) is 0 Å². The Bertz CT molecular complexity index is 5570. The van der Waals surface area contributed by atoms with Crippen molar-refractivity contribution in [2.45, 2.75) is 24.0 Å². The summed E-state index contributed by atoms with van der Waals surface area (Å²) in [7, 11) is 0. The summed E-state index contributed by atoms with van der Waals surface area (Å²) in [4.78, 5) is 4.28. The van der Waals surface area contributed by atoms with Crippen LogP contribution in [0.4, 0.5) is 34.1 Å². The predicted molar refractivity (Wildman–Crippen MR) is 488 cm³/mol. The molecule has 1 aliphatic carbocycles. The average Bonchev–Trinajstić information content (AvgIpc) is 0.735. The minimum absolute atomic E-state index is 0.0854. The van der Waals surface area contributed by atoms with Crippen LogP contribution in [-0.2, 0) is 0 Å². The predicted octanol–water partition coefficient (Wildman–Crippen LogP) is 28.6. The van der Waals surface area contributed by atoms with Gasteiger partial charge in [0, 0.05) is 69.2 Å². The highest BCUT2D eigenvalue weighted by atomic mass is 16.3. The van der Waals surface area contributed by atoms with Gasteiger partial charge in [0.25, 0.3) is 0 Å². The first kappa shape index (κ1) is 73.3. The highest BCUT2D eigenvalue weighted by Gasteiger charge is 2.52. The Balaban J connectivity index is 0.674. The minimum Gasteiger partial charge on any atom is -0.508 e. The number of anilines is 6. The van der Waals surface area contributed by atoms with E-state index in [9.17, 15) is 20.4 Å². The van der Waals surface area contributed by atoms with Crippen molar-refractivity contribution in [1.82, 2.24) is 0 Å². The zero-order valence-electron chi connectivity index (χ0n) is 64.7. The second kappa shape index (κ2) is 32.5. The lowest BCUT2D eigenvalue weighted by atomic mass is 9.63. The summed E-state index contributed by atoms with van der Waals surface area (Å²) in [5.41, 5.74) is 31.9. The van der Waals surface area contributed by atoms with Crippen LogP contribution in [-0.4, -0.2) is 32.6 Å². The molecule has 1 aliphatic rings. The third-order valence-corrected chi connectivity index (χ3v) is 23.3. The van der Waals surface area contributed by atoms with E-state index >= 15 is 0 Å². The van der Waals surface area contributed by atoms with Crippen molar-refractivity contribution < 1.29 is 20.4 Å². The van der Waals surface area contributed by atoms with Gasteiger partial charge < -0.3 is 30.2 Å². The SMILES string of the molecule is Oc1cc(N(c2ccc(-c3c(-c4ccccc4)cccc3-c3ccccc3)cc2)c2ccc(-c3c(-c4ccccc4)cccc3-c3ccccc3)cc2)ccc1C1C(O)[C@H](c2ccc(N(c3ccc(-c4c(-c5ccccc5)cccc4-c4ccccc4)cc3)c3ccc(-c4c(-c5ccccc5)cccc4-c4ccccc4)cc3)cc2O)[C@@H]1O. The zero-order valence-corrected chi connectivity index (χ0v) is 64.7. The van der Waals surface area contributed by atoms with E-state index in [0.29, 0.717) is 22.5 Å². The molecule has 1 fully saturated rings. The number of phenolic OH excluding ortho intramolecular Hbond substituents is 2. The number of aliphatic hydroxyl groups excluding tert-OH is 2. The van der Waals surface area contributed by atoms with Gasteiger partial charge >= 0.3 is 0 Å². The van der Waals surface area contributed by atoms with E-state index in [2.05, 4.69) is 374 Å². The molecule has 6 heteroatoms. The van der Waals surface area contributed by atoms with Crippen LogP contribution in [0.25, 0.3) is 134 Å². The molecule has 0 unspecified atom stereocenters. The molecular formula is C112H82N2O4. The Hall–Kier alpha value is -14.9. The van der Waals surface area contributed by atoms with Crippen LogP contribution in [0, 0.1) is 0 Å². The fourth-order valence-electron chi connectivity index (χ4n) is 17.7. The Morgan fingerprint density at radius 2 is 0.331 bits per heavy atom. The van der Waals surface area contributed by atoms with Crippen molar-refractivity contribution >= 4 is 34.1 Å². The summed E-state index contributed by atoms with van der Waals surface area (Å²) in [5.74, 6) is -1.96. The highest BCUT2D eigenvalue weighted by Crippen LogP contribution is 2.55. The fraction of sp³-hybridized carbons (Fsp3) is 0.0357. The lowest BCUT2D eigenvalue weighted by Crippen LogP contribution is -2.51. The van der Waals surface area contributed by atoms with Gasteiger partial charge in [-0.2, -0.15) is 0 Å². The molecule has 4 N–H and O–H groups in total. The number of hydrogen-bond donors (Lipinski definition) is 4. The van der Waals surface area contributed by atoms with Gasteiger partial charge in [0.1, 0.15) is 11.5 Å². The number of benzene rings is 18. The van der Waals surface area contributed by atoms with Crippen LogP contribution < -0.4 is 9.80 Å². The number of hydrogen-bond acceptors (Lipinski definition) is 6. The standard InChI is InChI=1S/C112H82N2O4/c115-103-73-91(113(87-61-53-83(54-62-87)105-93(75-29-9-1-10-30-75)45-25-46-94(105)76-31-11-2-12-32-76)88-63-55-84(56-64-88)106-95(77-33-13-3-14-34-77)47-26-48-96(106)78-35-15-4-16-36-78)69-71-101(103)109-111(117)110(112(109)118)102-72-70-92(74-104(102)116)114(89-65-57-85(58-66-89)107-97(79-37-17-5-18-38-79)49-27-50-98(107)80-39-19-6-20-40-80)90-67-59-86(60-68-90)108-99(81-41-21-7-22-42-81)51-28-52-100(108)82-43-23-8-24-44-82/h1-74,109-112,115-118H/t109-,110?,111+,112?/m1/s1. The van der Waals surface area contributed by atoms with Gasteiger partial charge in [0.2, 0.25) is 0 Å². The van der Waals surface area contributed by atoms with Gasteiger partial charge in [-0.3, -0.25) is 0 Å². The zero-order chi connectivity index (χ0) is 79.4. The molecule has 1 saturated carbocycles. The van der Waals surface area contributed by atoms with Crippen molar-refractivity contribution in [1.29, 1.82) is 0 Å². The molecule has 0 bridgehead atoms. The smallest absolute Gasteiger partial charge is 0.121 e. The second-order valence-corrected chi connectivity index (χ2v) is 30.2. The molecule has 118 heavy (non-hydrogen) atoms. The summed E-state index contributed by atoms with van der Waals surface area (Å²) in [6.45, 7) is 0. The topological polar surface area (TPSA) is 87.4 Å². The van der Waals surface area contributed by atoms with Gasteiger partial charge in [-0.1, -0.05) is 376 Å². The third-order valence-electron chi connectivity index (χ3n) is 23.3. The van der Waals surface area contributed by atoms with Gasteiger partial charge in [0.05, 0.1) is 12.2 Å². The van der Waals surface area contributed by atoms with Gasteiger partial charge in [0.15, 0.2) is 0 Å². The molecule has 0 spiro atoms. The lowest BCUT2D eigenvalue weighted by Gasteiger charge is -2.47. The van der Waals surface area contributed by atoms with Crippen molar-refractivity contribution in [3.63, 3.8) is 0 Å². The van der Waals surface area contributed by atoms with Crippen LogP contribution in [0.15, 0.2) is 449 Å². The number of nitrogens with zero attached hydrogens (tertiary/aromatic N) is 2. The molecule has 0 amide bonds. The fourth-order valence-corrected chi connectivity index (χ4v) is 17.7. The summed E-state index contributed by atoms with van der Waals surface area (Å²) in [6.07, 6.45) is -2.37. The van der Waals surface area contributed by atoms with Crippen molar-refractivity contribution in [2.75, 3.05) is 9.80 Å². The Morgan fingerprint density at radius 1 is 0.161 bits per heavy atom. The monoisotopic (exact) mass is 1520 g/mol. The normalized spacial score (nSPS) is 14.3. The van der Waals surface area contributed by atoms with Crippen LogP contribution in [0.3, 0.4) is 0 Å². The molecule has 0 radical (unpaired) electrons. The molecule has 0 heterocycles. The van der Waals surface area contributed by atoms with E-state index in [1.54, 1.807) is 12.1 Å². The largest absolute Gasteiger partial charge is 0.508 e. The second-order valence-electron chi connectivity index (χ2n) is 30.2. The molecular weight excluding hydrogens is 1440 g/mol. The van der Waals surface area contributed by atoms with E-state index in [0.717, 1.165) is 156 Å².